The fraction of sp³-hybridized carbons (Fsp3) is 0.611. The van der Waals surface area contributed by atoms with Crippen LogP contribution in [0, 0.1) is 19.8 Å². The van der Waals surface area contributed by atoms with E-state index in [-0.39, 0.29) is 0 Å². The Kier molecular flexibility index (Phi) is 2.70. The highest BCUT2D eigenvalue weighted by molar-refractivity contribution is 5.95. The second-order valence-corrected chi connectivity index (χ2v) is 6.99. The molecule has 1 unspecified atom stereocenters. The van der Waals surface area contributed by atoms with Crippen molar-refractivity contribution in [2.24, 2.45) is 10.9 Å². The number of hydrogen-bond acceptors (Lipinski definition) is 2. The largest absolute Gasteiger partial charge is 0.377 e. The zero-order chi connectivity index (χ0) is 13.7. The summed E-state index contributed by atoms with van der Waals surface area (Å²) in [4.78, 5) is 5.08. The molecule has 0 radical (unpaired) electrons. The molecule has 1 heterocycles. The predicted molar refractivity (Wildman–Crippen MR) is 85.2 cm³/mol. The molecule has 2 saturated carbocycles. The van der Waals surface area contributed by atoms with E-state index in [2.05, 4.69) is 31.3 Å². The quantitative estimate of drug-likeness (QED) is 0.710. The second-order valence-electron chi connectivity index (χ2n) is 6.99. The van der Waals surface area contributed by atoms with Crippen molar-refractivity contribution in [1.29, 1.82) is 0 Å². The first-order valence-corrected chi connectivity index (χ1v) is 8.15. The van der Waals surface area contributed by atoms with Crippen molar-refractivity contribution < 1.29 is 0 Å². The fourth-order valence-electron chi connectivity index (χ4n) is 4.54. The van der Waals surface area contributed by atoms with Gasteiger partial charge in [0, 0.05) is 17.2 Å². The van der Waals surface area contributed by atoms with Crippen LogP contribution in [0.4, 0.5) is 11.4 Å². The minimum absolute atomic E-state index is 0.308. The lowest BCUT2D eigenvalue weighted by atomic mass is 9.80. The van der Waals surface area contributed by atoms with Crippen molar-refractivity contribution >= 4 is 17.1 Å². The molecule has 0 amide bonds. The van der Waals surface area contributed by atoms with Gasteiger partial charge >= 0.3 is 0 Å². The van der Waals surface area contributed by atoms with E-state index in [1.54, 1.807) is 0 Å². The van der Waals surface area contributed by atoms with E-state index >= 15 is 0 Å². The van der Waals surface area contributed by atoms with E-state index in [9.17, 15) is 0 Å². The number of aliphatic imine (C=N–C) groups is 1. The van der Waals surface area contributed by atoms with Crippen LogP contribution in [0.25, 0.3) is 0 Å². The molecule has 0 bridgehead atoms. The van der Waals surface area contributed by atoms with Crippen LogP contribution in [0.15, 0.2) is 17.1 Å². The molecule has 1 spiro atoms. The first kappa shape index (κ1) is 12.4. The SMILES string of the molecule is Cc1cc2c(cc1C)NC1(CCCC1)C1CCCC1=N2. The van der Waals surface area contributed by atoms with Gasteiger partial charge in [0.25, 0.3) is 0 Å². The zero-order valence-electron chi connectivity index (χ0n) is 12.6. The van der Waals surface area contributed by atoms with Crippen LogP contribution in [0.2, 0.25) is 0 Å². The highest BCUT2D eigenvalue weighted by Gasteiger charge is 2.46. The maximum absolute atomic E-state index is 5.08. The molecule has 2 heteroatoms. The Morgan fingerprint density at radius 3 is 2.65 bits per heavy atom. The molecule has 20 heavy (non-hydrogen) atoms. The van der Waals surface area contributed by atoms with Gasteiger partial charge in [0.05, 0.1) is 11.4 Å². The average molecular weight is 268 g/mol. The standard InChI is InChI=1S/C18H24N2/c1-12-10-16-17(11-13(12)2)20-18(8-3-4-9-18)14-6-5-7-15(14)19-16/h10-11,14,20H,3-9H2,1-2H3. The monoisotopic (exact) mass is 268 g/mol. The van der Waals surface area contributed by atoms with Crippen molar-refractivity contribution in [3.8, 4) is 0 Å². The number of hydrogen-bond donors (Lipinski definition) is 1. The van der Waals surface area contributed by atoms with Gasteiger partial charge in [-0.05, 0) is 69.2 Å². The van der Waals surface area contributed by atoms with E-state index in [0.717, 1.165) is 0 Å². The molecule has 1 atom stereocenters. The van der Waals surface area contributed by atoms with Gasteiger partial charge in [0.2, 0.25) is 0 Å². The number of rotatable bonds is 0. The van der Waals surface area contributed by atoms with Gasteiger partial charge in [-0.25, -0.2) is 0 Å². The van der Waals surface area contributed by atoms with Crippen LogP contribution in [0.5, 0.6) is 0 Å². The average Bonchev–Trinajstić information content (AvgIpc) is 3.03. The summed E-state index contributed by atoms with van der Waals surface area (Å²) in [5.41, 5.74) is 6.96. The van der Waals surface area contributed by atoms with Crippen LogP contribution >= 0.6 is 0 Å². The second kappa shape index (κ2) is 4.34. The third kappa shape index (κ3) is 1.73. The van der Waals surface area contributed by atoms with Crippen LogP contribution in [0.1, 0.15) is 56.1 Å². The van der Waals surface area contributed by atoms with Gasteiger partial charge in [0.15, 0.2) is 0 Å². The number of aryl methyl sites for hydroxylation is 2. The molecule has 0 aromatic heterocycles. The van der Waals surface area contributed by atoms with Crippen LogP contribution in [-0.4, -0.2) is 11.3 Å². The Balaban J connectivity index is 1.88. The molecule has 1 N–H and O–H groups in total. The fourth-order valence-corrected chi connectivity index (χ4v) is 4.54. The van der Waals surface area contributed by atoms with Gasteiger partial charge in [-0.2, -0.15) is 0 Å². The number of anilines is 1. The molecule has 2 nitrogen and oxygen atoms in total. The summed E-state index contributed by atoms with van der Waals surface area (Å²) in [6, 6.07) is 4.59. The van der Waals surface area contributed by atoms with E-state index in [4.69, 9.17) is 4.99 Å². The van der Waals surface area contributed by atoms with Gasteiger partial charge in [0.1, 0.15) is 0 Å². The lowest BCUT2D eigenvalue weighted by molar-refractivity contribution is 0.378. The van der Waals surface area contributed by atoms with Gasteiger partial charge < -0.3 is 5.32 Å². The topological polar surface area (TPSA) is 24.4 Å². The Bertz CT molecular complexity index is 579. The molecule has 106 valence electrons. The summed E-state index contributed by atoms with van der Waals surface area (Å²) < 4.78 is 0. The van der Waals surface area contributed by atoms with Gasteiger partial charge in [-0.1, -0.05) is 12.8 Å². The van der Waals surface area contributed by atoms with E-state index in [1.165, 1.54) is 73.2 Å². The maximum Gasteiger partial charge on any atom is 0.0863 e. The zero-order valence-corrected chi connectivity index (χ0v) is 12.6. The van der Waals surface area contributed by atoms with Gasteiger partial charge in [-0.15, -0.1) is 0 Å². The molecule has 1 aliphatic heterocycles. The molecule has 0 saturated heterocycles. The smallest absolute Gasteiger partial charge is 0.0863 e. The molecule has 1 aromatic carbocycles. The summed E-state index contributed by atoms with van der Waals surface area (Å²) in [6.07, 6.45) is 9.26. The van der Waals surface area contributed by atoms with Crippen LogP contribution < -0.4 is 5.32 Å². The van der Waals surface area contributed by atoms with Crippen molar-refractivity contribution in [3.05, 3.63) is 23.3 Å². The summed E-state index contributed by atoms with van der Waals surface area (Å²) in [5.74, 6) is 0.679. The summed E-state index contributed by atoms with van der Waals surface area (Å²) in [5, 5.41) is 3.96. The van der Waals surface area contributed by atoms with Gasteiger partial charge in [-0.3, -0.25) is 4.99 Å². The van der Waals surface area contributed by atoms with Crippen molar-refractivity contribution in [2.75, 3.05) is 5.32 Å². The lowest BCUT2D eigenvalue weighted by Gasteiger charge is -2.36. The normalized spacial score (nSPS) is 26.7. The van der Waals surface area contributed by atoms with Crippen molar-refractivity contribution in [1.82, 2.24) is 0 Å². The molecule has 2 fully saturated rings. The van der Waals surface area contributed by atoms with Crippen LogP contribution in [-0.2, 0) is 0 Å². The first-order chi connectivity index (χ1) is 9.68. The Morgan fingerprint density at radius 2 is 1.85 bits per heavy atom. The number of nitrogens with zero attached hydrogens (tertiary/aromatic N) is 1. The maximum atomic E-state index is 5.08. The number of fused-ring (bicyclic) bond motifs is 3. The molecule has 4 rings (SSSR count). The summed E-state index contributed by atoms with van der Waals surface area (Å²) in [6.45, 7) is 4.40. The van der Waals surface area contributed by atoms with Crippen molar-refractivity contribution in [3.63, 3.8) is 0 Å². The predicted octanol–water partition coefficient (Wildman–Crippen LogP) is 4.91. The Morgan fingerprint density at radius 1 is 1.10 bits per heavy atom. The highest BCUT2D eigenvalue weighted by Crippen LogP contribution is 2.49. The molecular weight excluding hydrogens is 244 g/mol. The molecule has 2 aliphatic carbocycles. The van der Waals surface area contributed by atoms with Crippen molar-refractivity contribution in [2.45, 2.75) is 64.3 Å². The first-order valence-electron chi connectivity index (χ1n) is 8.15. The Labute approximate surface area is 121 Å². The van der Waals surface area contributed by atoms with Crippen LogP contribution in [0.3, 0.4) is 0 Å². The molecule has 3 aliphatic rings. The van der Waals surface area contributed by atoms with E-state index in [0.29, 0.717) is 11.5 Å². The number of nitrogens with one attached hydrogen (secondary N) is 1. The third-order valence-electron chi connectivity index (χ3n) is 5.75. The minimum Gasteiger partial charge on any atom is -0.377 e. The molecule has 1 aromatic rings. The highest BCUT2D eigenvalue weighted by atomic mass is 15.0. The van der Waals surface area contributed by atoms with E-state index < -0.39 is 0 Å². The summed E-state index contributed by atoms with van der Waals surface area (Å²) >= 11 is 0. The summed E-state index contributed by atoms with van der Waals surface area (Å²) in [7, 11) is 0. The Hall–Kier alpha value is -1.31. The van der Waals surface area contributed by atoms with E-state index in [1.807, 2.05) is 0 Å². The lowest BCUT2D eigenvalue weighted by Crippen LogP contribution is -2.44. The molecular formula is C18H24N2. The minimum atomic E-state index is 0.308. The number of benzene rings is 1. The third-order valence-corrected chi connectivity index (χ3v) is 5.75.